The fraction of sp³-hybridized carbons (Fsp3) is 0.786. The zero-order chi connectivity index (χ0) is 13.4. The van der Waals surface area contributed by atoms with Gasteiger partial charge in [-0.2, -0.15) is 5.10 Å². The lowest BCUT2D eigenvalue weighted by atomic mass is 9.82. The molecule has 0 aromatic carbocycles. The van der Waals surface area contributed by atoms with Crippen molar-refractivity contribution in [2.75, 3.05) is 26.8 Å². The first-order valence-corrected chi connectivity index (χ1v) is 6.78. The smallest absolute Gasteiger partial charge is 0.0587 e. The van der Waals surface area contributed by atoms with Crippen LogP contribution in [0.2, 0.25) is 0 Å². The molecule has 104 valence electrons. The molecule has 4 heteroatoms. The van der Waals surface area contributed by atoms with E-state index in [1.165, 1.54) is 18.5 Å². The van der Waals surface area contributed by atoms with Gasteiger partial charge in [-0.25, -0.2) is 0 Å². The van der Waals surface area contributed by atoms with Gasteiger partial charge in [0.1, 0.15) is 0 Å². The molecule has 0 fully saturated rings. The zero-order valence-electron chi connectivity index (χ0n) is 12.2. The van der Waals surface area contributed by atoms with Crippen LogP contribution in [-0.4, -0.2) is 36.6 Å². The van der Waals surface area contributed by atoms with Crippen molar-refractivity contribution in [2.24, 2.45) is 12.5 Å². The highest BCUT2D eigenvalue weighted by Crippen LogP contribution is 2.26. The molecule has 0 aliphatic carbocycles. The molecule has 1 unspecified atom stereocenters. The third-order valence-corrected chi connectivity index (χ3v) is 3.80. The number of nitrogens with one attached hydrogen (secondary N) is 1. The third kappa shape index (κ3) is 4.78. The summed E-state index contributed by atoms with van der Waals surface area (Å²) in [7, 11) is 3.75. The van der Waals surface area contributed by atoms with Gasteiger partial charge in [0.15, 0.2) is 0 Å². The first-order valence-electron chi connectivity index (χ1n) is 6.78. The molecule has 0 radical (unpaired) electrons. The van der Waals surface area contributed by atoms with E-state index in [4.69, 9.17) is 4.74 Å². The first kappa shape index (κ1) is 15.2. The minimum absolute atomic E-state index is 0.345. The van der Waals surface area contributed by atoms with E-state index in [0.717, 1.165) is 26.1 Å². The lowest BCUT2D eigenvalue weighted by Gasteiger charge is -2.28. The number of nitrogens with zero attached hydrogens (tertiary/aromatic N) is 2. The molecular formula is C14H27N3O. The van der Waals surface area contributed by atoms with Gasteiger partial charge in [-0.15, -0.1) is 0 Å². The van der Waals surface area contributed by atoms with Crippen LogP contribution in [0.4, 0.5) is 0 Å². The quantitative estimate of drug-likeness (QED) is 0.684. The number of hydrogen-bond acceptors (Lipinski definition) is 3. The molecule has 4 nitrogen and oxygen atoms in total. The number of aromatic nitrogens is 2. The molecule has 18 heavy (non-hydrogen) atoms. The van der Waals surface area contributed by atoms with Crippen LogP contribution >= 0.6 is 0 Å². The highest BCUT2D eigenvalue weighted by molar-refractivity contribution is 5.00. The predicted octanol–water partition coefficient (Wildman–Crippen LogP) is 2.00. The Bertz CT molecular complexity index is 338. The summed E-state index contributed by atoms with van der Waals surface area (Å²) in [6.45, 7) is 7.37. The fourth-order valence-electron chi connectivity index (χ4n) is 2.03. The van der Waals surface area contributed by atoms with Crippen molar-refractivity contribution in [2.45, 2.75) is 33.1 Å². The molecule has 1 heterocycles. The first-order chi connectivity index (χ1) is 8.61. The van der Waals surface area contributed by atoms with Crippen molar-refractivity contribution < 1.29 is 4.74 Å². The third-order valence-electron chi connectivity index (χ3n) is 3.80. The van der Waals surface area contributed by atoms with Crippen molar-refractivity contribution in [1.29, 1.82) is 0 Å². The predicted molar refractivity (Wildman–Crippen MR) is 74.7 cm³/mol. The summed E-state index contributed by atoms with van der Waals surface area (Å²) in [5.74, 6) is 0. The highest BCUT2D eigenvalue weighted by Gasteiger charge is 2.21. The summed E-state index contributed by atoms with van der Waals surface area (Å²) in [5, 5.41) is 7.69. The maximum absolute atomic E-state index is 5.05. The van der Waals surface area contributed by atoms with Crippen molar-refractivity contribution in [3.63, 3.8) is 0 Å². The molecule has 1 aromatic heterocycles. The minimum Gasteiger partial charge on any atom is -0.383 e. The Hall–Kier alpha value is -0.870. The summed E-state index contributed by atoms with van der Waals surface area (Å²) in [4.78, 5) is 0. The average molecular weight is 253 g/mol. The maximum Gasteiger partial charge on any atom is 0.0587 e. The molecule has 1 N–H and O–H groups in total. The van der Waals surface area contributed by atoms with Crippen LogP contribution < -0.4 is 5.32 Å². The molecule has 0 aliphatic rings. The number of ether oxygens (including phenoxy) is 1. The van der Waals surface area contributed by atoms with Crippen molar-refractivity contribution in [3.05, 3.63) is 18.0 Å². The maximum atomic E-state index is 5.05. The summed E-state index contributed by atoms with van der Waals surface area (Å²) in [6, 6.07) is 2.11. The van der Waals surface area contributed by atoms with E-state index in [-0.39, 0.29) is 0 Å². The molecular weight excluding hydrogens is 226 g/mol. The Morgan fingerprint density at radius 1 is 1.50 bits per heavy atom. The topological polar surface area (TPSA) is 39.1 Å². The molecule has 1 atom stereocenters. The fourth-order valence-corrected chi connectivity index (χ4v) is 2.03. The molecule has 1 rings (SSSR count). The second kappa shape index (κ2) is 7.54. The lowest BCUT2D eigenvalue weighted by Crippen LogP contribution is -2.33. The van der Waals surface area contributed by atoms with Crippen LogP contribution in [0.1, 0.15) is 32.4 Å². The second-order valence-corrected chi connectivity index (χ2v) is 5.28. The van der Waals surface area contributed by atoms with E-state index in [2.05, 4.69) is 30.3 Å². The van der Waals surface area contributed by atoms with Gasteiger partial charge in [0.2, 0.25) is 0 Å². The van der Waals surface area contributed by atoms with Crippen LogP contribution in [0.5, 0.6) is 0 Å². The van der Waals surface area contributed by atoms with Crippen molar-refractivity contribution >= 4 is 0 Å². The number of hydrogen-bond donors (Lipinski definition) is 1. The van der Waals surface area contributed by atoms with Gasteiger partial charge in [0.05, 0.1) is 6.61 Å². The average Bonchev–Trinajstić information content (AvgIpc) is 2.78. The zero-order valence-corrected chi connectivity index (χ0v) is 12.2. The van der Waals surface area contributed by atoms with Gasteiger partial charge in [-0.3, -0.25) is 4.68 Å². The van der Waals surface area contributed by atoms with Gasteiger partial charge in [0, 0.05) is 39.1 Å². The van der Waals surface area contributed by atoms with E-state index in [1.54, 1.807) is 7.11 Å². The molecule has 0 amide bonds. The van der Waals surface area contributed by atoms with E-state index in [9.17, 15) is 0 Å². The molecule has 1 aromatic rings. The summed E-state index contributed by atoms with van der Waals surface area (Å²) < 4.78 is 7.02. The van der Waals surface area contributed by atoms with Crippen LogP contribution in [0.25, 0.3) is 0 Å². The molecule has 0 bridgehead atoms. The van der Waals surface area contributed by atoms with E-state index >= 15 is 0 Å². The summed E-state index contributed by atoms with van der Waals surface area (Å²) in [5.41, 5.74) is 1.66. The second-order valence-electron chi connectivity index (χ2n) is 5.28. The van der Waals surface area contributed by atoms with Crippen LogP contribution in [-0.2, 0) is 18.2 Å². The lowest BCUT2D eigenvalue weighted by molar-refractivity contribution is 0.189. The number of rotatable bonds is 9. The van der Waals surface area contributed by atoms with Crippen LogP contribution in [0.15, 0.2) is 12.3 Å². The Morgan fingerprint density at radius 3 is 2.83 bits per heavy atom. The van der Waals surface area contributed by atoms with Crippen LogP contribution in [0, 0.1) is 5.41 Å². The summed E-state index contributed by atoms with van der Waals surface area (Å²) in [6.07, 6.45) is 5.33. The number of aryl methyl sites for hydroxylation is 2. The Kier molecular flexibility index (Phi) is 6.36. The van der Waals surface area contributed by atoms with Crippen LogP contribution in [0.3, 0.4) is 0 Å². The Balaban J connectivity index is 2.37. The largest absolute Gasteiger partial charge is 0.383 e. The number of methoxy groups -OCH3 is 1. The van der Waals surface area contributed by atoms with Crippen molar-refractivity contribution in [3.8, 4) is 0 Å². The summed E-state index contributed by atoms with van der Waals surface area (Å²) >= 11 is 0. The van der Waals surface area contributed by atoms with Gasteiger partial charge in [-0.1, -0.05) is 13.8 Å². The van der Waals surface area contributed by atoms with Gasteiger partial charge >= 0.3 is 0 Å². The van der Waals surface area contributed by atoms with E-state index in [0.29, 0.717) is 5.41 Å². The van der Waals surface area contributed by atoms with Crippen molar-refractivity contribution in [1.82, 2.24) is 15.1 Å². The Labute approximate surface area is 111 Å². The van der Waals surface area contributed by atoms with Gasteiger partial charge in [0.25, 0.3) is 0 Å². The van der Waals surface area contributed by atoms with E-state index in [1.807, 2.05) is 17.9 Å². The van der Waals surface area contributed by atoms with Gasteiger partial charge in [-0.05, 0) is 30.7 Å². The SMILES string of the molecule is CCC(C)(CCc1ccnn1C)CNCCOC. The normalized spacial score (nSPS) is 14.7. The van der Waals surface area contributed by atoms with E-state index < -0.39 is 0 Å². The molecule has 0 saturated heterocycles. The molecule has 0 saturated carbocycles. The monoisotopic (exact) mass is 253 g/mol. The standard InChI is InChI=1S/C14H27N3O/c1-5-14(2,12-15-10-11-18-4)8-6-13-7-9-16-17(13)3/h7,9,15H,5-6,8,10-12H2,1-4H3. The Morgan fingerprint density at radius 2 is 2.28 bits per heavy atom. The molecule has 0 aliphatic heterocycles. The highest BCUT2D eigenvalue weighted by atomic mass is 16.5. The molecule has 0 spiro atoms. The minimum atomic E-state index is 0.345. The van der Waals surface area contributed by atoms with Gasteiger partial charge < -0.3 is 10.1 Å².